The fourth-order valence-electron chi connectivity index (χ4n) is 3.51. The molecular formula is C34H64O10. The number of esters is 4. The highest BCUT2D eigenvalue weighted by Gasteiger charge is 2.06. The minimum atomic E-state index is -0.682. The second-order valence-electron chi connectivity index (χ2n) is 10.6. The van der Waals surface area contributed by atoms with E-state index in [-0.39, 0.29) is 50.3 Å². The molecule has 0 saturated heterocycles. The summed E-state index contributed by atoms with van der Waals surface area (Å²) in [6.45, 7) is 11.1. The van der Waals surface area contributed by atoms with Crippen molar-refractivity contribution in [2.45, 2.75) is 163 Å². The molecule has 0 amide bonds. The van der Waals surface area contributed by atoms with E-state index in [2.05, 4.69) is 34.6 Å². The number of carbonyl (C=O) groups excluding carboxylic acids is 4. The van der Waals surface area contributed by atoms with Gasteiger partial charge in [0.2, 0.25) is 0 Å². The summed E-state index contributed by atoms with van der Waals surface area (Å²) < 4.78 is 19.8. The molecule has 44 heavy (non-hydrogen) atoms. The van der Waals surface area contributed by atoms with E-state index in [4.69, 9.17) is 24.1 Å². The molecule has 0 aliphatic carbocycles. The van der Waals surface area contributed by atoms with Crippen LogP contribution in [0.5, 0.6) is 0 Å². The van der Waals surface area contributed by atoms with Gasteiger partial charge in [-0.05, 0) is 32.1 Å². The topological polar surface area (TPSA) is 142 Å². The van der Waals surface area contributed by atoms with Gasteiger partial charge < -0.3 is 24.1 Å². The van der Waals surface area contributed by atoms with Crippen molar-refractivity contribution in [3.05, 3.63) is 0 Å². The molecule has 0 aromatic rings. The highest BCUT2D eigenvalue weighted by molar-refractivity contribution is 5.70. The van der Waals surface area contributed by atoms with Gasteiger partial charge in [-0.25, -0.2) is 0 Å². The molecule has 1 N–H and O–H groups in total. The average Bonchev–Trinajstić information content (AvgIpc) is 2.99. The van der Waals surface area contributed by atoms with Gasteiger partial charge in [0.15, 0.2) is 0 Å². The summed E-state index contributed by atoms with van der Waals surface area (Å²) in [6.07, 6.45) is 17.1. The van der Waals surface area contributed by atoms with Gasteiger partial charge in [0.25, 0.3) is 0 Å². The predicted octanol–water partition coefficient (Wildman–Crippen LogP) is 8.12. The van der Waals surface area contributed by atoms with Crippen molar-refractivity contribution in [1.82, 2.24) is 0 Å². The third kappa shape index (κ3) is 43.8. The lowest BCUT2D eigenvalue weighted by Crippen LogP contribution is -2.13. The number of aliphatic carboxylic acids is 1. The number of ether oxygens (including phenoxy) is 4. The molecule has 0 spiro atoms. The van der Waals surface area contributed by atoms with Crippen LogP contribution in [0.4, 0.5) is 0 Å². The fourth-order valence-corrected chi connectivity index (χ4v) is 3.51. The molecule has 0 rings (SSSR count). The van der Waals surface area contributed by atoms with Crippen molar-refractivity contribution in [2.24, 2.45) is 0 Å². The van der Waals surface area contributed by atoms with Crippen LogP contribution in [0.15, 0.2) is 0 Å². The first-order valence-corrected chi connectivity index (χ1v) is 17.0. The van der Waals surface area contributed by atoms with E-state index in [1.54, 1.807) is 0 Å². The van der Waals surface area contributed by atoms with E-state index < -0.39 is 5.97 Å². The molecule has 0 radical (unpaired) electrons. The van der Waals surface area contributed by atoms with Crippen LogP contribution in [-0.4, -0.2) is 61.4 Å². The third-order valence-electron chi connectivity index (χ3n) is 6.15. The quantitative estimate of drug-likeness (QED) is 0.0564. The average molecular weight is 633 g/mol. The molecule has 10 nitrogen and oxygen atoms in total. The maximum absolute atomic E-state index is 11.2. The van der Waals surface area contributed by atoms with Crippen LogP contribution in [0, 0.1) is 0 Å². The van der Waals surface area contributed by atoms with E-state index >= 15 is 0 Å². The standard InChI is InChI=1S/2C14H26O4.C6H12O2/c2*1-3-5-7-9-13(15)17-11-12-18-14(16)10-8-6-4-2;1-2-3-4-5-6(7)8/h2*3-12H2,1-2H3;2-5H2,1H3,(H,7,8). The number of rotatable bonds is 26. The van der Waals surface area contributed by atoms with Crippen LogP contribution < -0.4 is 0 Å². The second-order valence-corrected chi connectivity index (χ2v) is 10.6. The lowest BCUT2D eigenvalue weighted by atomic mass is 10.2. The maximum Gasteiger partial charge on any atom is 0.305 e. The fraction of sp³-hybridized carbons (Fsp3) is 0.853. The summed E-state index contributed by atoms with van der Waals surface area (Å²) in [4.78, 5) is 54.7. The van der Waals surface area contributed by atoms with Gasteiger partial charge in [0.05, 0.1) is 0 Å². The number of carboxylic acids is 1. The lowest BCUT2D eigenvalue weighted by molar-refractivity contribution is -0.152. The van der Waals surface area contributed by atoms with Gasteiger partial charge >= 0.3 is 29.8 Å². The monoisotopic (exact) mass is 632 g/mol. The molecular weight excluding hydrogens is 568 g/mol. The van der Waals surface area contributed by atoms with Gasteiger partial charge in [0.1, 0.15) is 26.4 Å². The van der Waals surface area contributed by atoms with Crippen molar-refractivity contribution in [1.29, 1.82) is 0 Å². The third-order valence-corrected chi connectivity index (χ3v) is 6.15. The Balaban J connectivity index is -0.000000616. The van der Waals surface area contributed by atoms with Crippen LogP contribution in [0.1, 0.15) is 163 Å². The zero-order valence-corrected chi connectivity index (χ0v) is 28.6. The van der Waals surface area contributed by atoms with Crippen molar-refractivity contribution in [3.63, 3.8) is 0 Å². The Morgan fingerprint density at radius 3 is 0.750 bits per heavy atom. The molecule has 0 saturated carbocycles. The van der Waals surface area contributed by atoms with Crippen LogP contribution in [-0.2, 0) is 42.9 Å². The Labute approximate surface area is 267 Å². The summed E-state index contributed by atoms with van der Waals surface area (Å²) in [5.41, 5.74) is 0. The molecule has 0 aromatic carbocycles. The van der Waals surface area contributed by atoms with Crippen LogP contribution >= 0.6 is 0 Å². The molecule has 10 heteroatoms. The SMILES string of the molecule is CCCCCC(=O)O.CCCCCC(=O)OCCOC(=O)CCCCC.CCCCCC(=O)OCCOC(=O)CCCCC. The maximum atomic E-state index is 11.2. The zero-order valence-electron chi connectivity index (χ0n) is 28.6. The molecule has 260 valence electrons. The highest BCUT2D eigenvalue weighted by atomic mass is 16.6. The van der Waals surface area contributed by atoms with Crippen molar-refractivity contribution in [3.8, 4) is 0 Å². The summed E-state index contributed by atoms with van der Waals surface area (Å²) in [5, 5.41) is 8.14. The van der Waals surface area contributed by atoms with E-state index in [1.165, 1.54) is 0 Å². The first-order valence-electron chi connectivity index (χ1n) is 17.0. The van der Waals surface area contributed by atoms with Crippen LogP contribution in [0.25, 0.3) is 0 Å². The smallest absolute Gasteiger partial charge is 0.305 e. The Bertz CT molecular complexity index is 598. The van der Waals surface area contributed by atoms with Crippen LogP contribution in [0.3, 0.4) is 0 Å². The van der Waals surface area contributed by atoms with Gasteiger partial charge in [0, 0.05) is 32.1 Å². The Hall–Kier alpha value is -2.65. The summed E-state index contributed by atoms with van der Waals surface area (Å²) in [7, 11) is 0. The molecule has 0 heterocycles. The minimum absolute atomic E-state index is 0.171. The Morgan fingerprint density at radius 2 is 0.568 bits per heavy atom. The normalized spacial score (nSPS) is 9.93. The van der Waals surface area contributed by atoms with Gasteiger partial charge in [-0.3, -0.25) is 24.0 Å². The van der Waals surface area contributed by atoms with Crippen molar-refractivity contribution in [2.75, 3.05) is 26.4 Å². The summed E-state index contributed by atoms with van der Waals surface area (Å²) in [5.74, 6) is -1.50. The zero-order chi connectivity index (χ0) is 33.7. The van der Waals surface area contributed by atoms with Crippen LogP contribution in [0.2, 0.25) is 0 Å². The number of carbonyl (C=O) groups is 5. The molecule has 0 aliphatic rings. The van der Waals surface area contributed by atoms with E-state index in [1.807, 2.05) is 0 Å². The summed E-state index contributed by atoms with van der Waals surface area (Å²) >= 11 is 0. The van der Waals surface area contributed by atoms with Gasteiger partial charge in [-0.2, -0.15) is 0 Å². The molecule has 0 atom stereocenters. The van der Waals surface area contributed by atoms with E-state index in [0.29, 0.717) is 32.1 Å². The highest BCUT2D eigenvalue weighted by Crippen LogP contribution is 2.03. The molecule has 0 aromatic heterocycles. The largest absolute Gasteiger partial charge is 0.481 e. The first kappa shape index (κ1) is 45.8. The van der Waals surface area contributed by atoms with Gasteiger partial charge in [-0.1, -0.05) is 98.8 Å². The van der Waals surface area contributed by atoms with E-state index in [0.717, 1.165) is 96.3 Å². The lowest BCUT2D eigenvalue weighted by Gasteiger charge is -2.06. The molecule has 0 unspecified atom stereocenters. The molecule has 0 bridgehead atoms. The predicted molar refractivity (Wildman–Crippen MR) is 172 cm³/mol. The molecule has 0 aliphatic heterocycles. The van der Waals surface area contributed by atoms with E-state index in [9.17, 15) is 24.0 Å². The Morgan fingerprint density at radius 1 is 0.364 bits per heavy atom. The number of unbranched alkanes of at least 4 members (excludes halogenated alkanes) is 10. The second kappa shape index (κ2) is 38.4. The Kier molecular flexibility index (Phi) is 39.9. The van der Waals surface area contributed by atoms with Crippen molar-refractivity contribution >= 4 is 29.8 Å². The number of hydrogen-bond acceptors (Lipinski definition) is 9. The first-order chi connectivity index (χ1) is 21.2. The van der Waals surface area contributed by atoms with Gasteiger partial charge in [-0.15, -0.1) is 0 Å². The number of hydrogen-bond donors (Lipinski definition) is 1. The number of carboxylic acid groups (broad SMARTS) is 1. The van der Waals surface area contributed by atoms with Crippen molar-refractivity contribution < 1.29 is 48.0 Å². The molecule has 0 fully saturated rings. The summed E-state index contributed by atoms with van der Waals surface area (Å²) in [6, 6.07) is 0. The minimum Gasteiger partial charge on any atom is -0.481 e.